The Morgan fingerprint density at radius 3 is 2.61 bits per heavy atom. The average molecular weight is 338 g/mol. The van der Waals surface area contributed by atoms with Crippen LogP contribution >= 0.6 is 0 Å². The van der Waals surface area contributed by atoms with Crippen molar-refractivity contribution in [3.63, 3.8) is 0 Å². The van der Waals surface area contributed by atoms with Crippen LogP contribution < -0.4 is 10.0 Å². The molecule has 0 radical (unpaired) electrons. The Kier molecular flexibility index (Phi) is 4.70. The fourth-order valence-electron chi connectivity index (χ4n) is 3.23. The molecule has 0 unspecified atom stereocenters. The number of aryl methyl sites for hydroxylation is 1. The number of hydrogen-bond acceptors (Lipinski definition) is 4. The number of carbonyl (C=O) groups is 1. The molecule has 1 aliphatic carbocycles. The summed E-state index contributed by atoms with van der Waals surface area (Å²) in [6.45, 7) is 0. The molecular formula is C16H22N2O4S. The molecule has 0 spiro atoms. The molecule has 2 aliphatic rings. The van der Waals surface area contributed by atoms with Gasteiger partial charge in [-0.2, -0.15) is 0 Å². The summed E-state index contributed by atoms with van der Waals surface area (Å²) in [5.41, 5.74) is 1.58. The molecule has 1 aromatic rings. The molecule has 6 nitrogen and oxygen atoms in total. The van der Waals surface area contributed by atoms with Crippen molar-refractivity contribution in [1.82, 2.24) is 4.72 Å². The van der Waals surface area contributed by atoms with E-state index in [2.05, 4.69) is 10.0 Å². The van der Waals surface area contributed by atoms with Crippen LogP contribution in [0.1, 0.15) is 37.7 Å². The van der Waals surface area contributed by atoms with Crippen molar-refractivity contribution in [2.75, 3.05) is 12.4 Å². The van der Waals surface area contributed by atoms with E-state index in [1.807, 2.05) is 0 Å². The lowest BCUT2D eigenvalue weighted by molar-refractivity contribution is -0.116. The summed E-state index contributed by atoms with van der Waals surface area (Å²) in [4.78, 5) is 11.6. The molecule has 0 bridgehead atoms. The molecule has 1 amide bonds. The smallest absolute Gasteiger partial charge is 0.240 e. The fraction of sp³-hybridized carbons (Fsp3) is 0.562. The number of anilines is 1. The standard InChI is InChI=1S/C16H22N2O4S/c1-22-13-5-3-12(4-6-13)18-23(20,21)14-7-8-15-11(10-14)2-9-16(19)17-15/h7-8,10,12-13,18H,2-6,9H2,1H3,(H,17,19). The normalized spacial score (nSPS) is 24.8. The second-order valence-corrected chi connectivity index (χ2v) is 7.91. The van der Waals surface area contributed by atoms with Gasteiger partial charge in [-0.15, -0.1) is 0 Å². The van der Waals surface area contributed by atoms with Crippen molar-refractivity contribution < 1.29 is 17.9 Å². The van der Waals surface area contributed by atoms with E-state index >= 15 is 0 Å². The SMILES string of the molecule is COC1CCC(NS(=O)(=O)c2ccc3c(c2)CCC(=O)N3)CC1. The van der Waals surface area contributed by atoms with Crippen molar-refractivity contribution in [3.05, 3.63) is 23.8 Å². The van der Waals surface area contributed by atoms with E-state index in [4.69, 9.17) is 4.74 Å². The summed E-state index contributed by atoms with van der Waals surface area (Å²) < 4.78 is 33.3. The Morgan fingerprint density at radius 1 is 1.17 bits per heavy atom. The topological polar surface area (TPSA) is 84.5 Å². The minimum absolute atomic E-state index is 0.0267. The molecule has 0 atom stereocenters. The van der Waals surface area contributed by atoms with Crippen LogP contribution in [0.5, 0.6) is 0 Å². The molecule has 0 saturated heterocycles. The summed E-state index contributed by atoms with van der Waals surface area (Å²) in [6.07, 6.45) is 4.54. The molecule has 126 valence electrons. The summed E-state index contributed by atoms with van der Waals surface area (Å²) in [5, 5.41) is 2.76. The molecule has 2 N–H and O–H groups in total. The number of benzene rings is 1. The van der Waals surface area contributed by atoms with Gasteiger partial charge in [-0.3, -0.25) is 4.79 Å². The van der Waals surface area contributed by atoms with Gasteiger partial charge in [0, 0.05) is 25.3 Å². The Labute approximate surface area is 136 Å². The predicted octanol–water partition coefficient (Wildman–Crippen LogP) is 1.81. The third-order valence-corrected chi connectivity index (χ3v) is 6.13. The number of methoxy groups -OCH3 is 1. The third kappa shape index (κ3) is 3.73. The Balaban J connectivity index is 1.72. The molecule has 1 fully saturated rings. The number of hydrogen-bond donors (Lipinski definition) is 2. The Hall–Kier alpha value is -1.44. The quantitative estimate of drug-likeness (QED) is 0.877. The van der Waals surface area contributed by atoms with Crippen LogP contribution in [0.2, 0.25) is 0 Å². The first-order valence-corrected chi connectivity index (χ1v) is 9.44. The second kappa shape index (κ2) is 6.59. The van der Waals surface area contributed by atoms with Gasteiger partial charge in [0.15, 0.2) is 0 Å². The number of amides is 1. The zero-order chi connectivity index (χ0) is 16.4. The van der Waals surface area contributed by atoms with E-state index in [1.54, 1.807) is 25.3 Å². The zero-order valence-corrected chi connectivity index (χ0v) is 14.0. The Morgan fingerprint density at radius 2 is 1.91 bits per heavy atom. The van der Waals surface area contributed by atoms with Gasteiger partial charge >= 0.3 is 0 Å². The van der Waals surface area contributed by atoms with Gasteiger partial charge in [0.2, 0.25) is 15.9 Å². The monoisotopic (exact) mass is 338 g/mol. The lowest BCUT2D eigenvalue weighted by Gasteiger charge is -2.28. The van der Waals surface area contributed by atoms with Crippen molar-refractivity contribution in [1.29, 1.82) is 0 Å². The predicted molar refractivity (Wildman–Crippen MR) is 86.8 cm³/mol. The first-order valence-electron chi connectivity index (χ1n) is 7.96. The molecule has 1 aromatic carbocycles. The molecular weight excluding hydrogens is 316 g/mol. The lowest BCUT2D eigenvalue weighted by Crippen LogP contribution is -2.39. The number of carbonyl (C=O) groups excluding carboxylic acids is 1. The maximum atomic E-state index is 12.6. The van der Waals surface area contributed by atoms with Gasteiger partial charge in [0.1, 0.15) is 0 Å². The largest absolute Gasteiger partial charge is 0.381 e. The van der Waals surface area contributed by atoms with E-state index < -0.39 is 10.0 Å². The third-order valence-electron chi connectivity index (χ3n) is 4.61. The van der Waals surface area contributed by atoms with E-state index in [0.717, 1.165) is 31.2 Å². The first-order chi connectivity index (χ1) is 11.0. The highest BCUT2D eigenvalue weighted by Crippen LogP contribution is 2.27. The molecule has 7 heteroatoms. The van der Waals surface area contributed by atoms with E-state index in [-0.39, 0.29) is 22.9 Å². The summed E-state index contributed by atoms with van der Waals surface area (Å²) >= 11 is 0. The number of sulfonamides is 1. The molecule has 23 heavy (non-hydrogen) atoms. The second-order valence-electron chi connectivity index (χ2n) is 6.20. The van der Waals surface area contributed by atoms with Crippen LogP contribution in [-0.2, 0) is 26.0 Å². The highest BCUT2D eigenvalue weighted by atomic mass is 32.2. The maximum absolute atomic E-state index is 12.6. The van der Waals surface area contributed by atoms with Crippen LogP contribution in [-0.4, -0.2) is 33.6 Å². The van der Waals surface area contributed by atoms with E-state index in [0.29, 0.717) is 18.5 Å². The number of fused-ring (bicyclic) bond motifs is 1. The van der Waals surface area contributed by atoms with Crippen LogP contribution in [0.3, 0.4) is 0 Å². The average Bonchev–Trinajstić information content (AvgIpc) is 2.54. The van der Waals surface area contributed by atoms with Gasteiger partial charge in [-0.25, -0.2) is 13.1 Å². The van der Waals surface area contributed by atoms with E-state index in [9.17, 15) is 13.2 Å². The maximum Gasteiger partial charge on any atom is 0.240 e. The minimum Gasteiger partial charge on any atom is -0.381 e. The van der Waals surface area contributed by atoms with Gasteiger partial charge in [-0.05, 0) is 55.9 Å². The Bertz CT molecular complexity index is 694. The molecule has 1 saturated carbocycles. The minimum atomic E-state index is -3.53. The van der Waals surface area contributed by atoms with Crippen LogP contribution in [0.4, 0.5) is 5.69 Å². The van der Waals surface area contributed by atoms with Crippen LogP contribution in [0.25, 0.3) is 0 Å². The van der Waals surface area contributed by atoms with Crippen molar-refractivity contribution >= 4 is 21.6 Å². The number of nitrogens with one attached hydrogen (secondary N) is 2. The first kappa shape index (κ1) is 16.4. The molecule has 0 aromatic heterocycles. The molecule has 1 aliphatic heterocycles. The van der Waals surface area contributed by atoms with Gasteiger partial charge in [-0.1, -0.05) is 0 Å². The molecule has 1 heterocycles. The van der Waals surface area contributed by atoms with Gasteiger partial charge in [0.25, 0.3) is 0 Å². The number of ether oxygens (including phenoxy) is 1. The van der Waals surface area contributed by atoms with Crippen molar-refractivity contribution in [2.24, 2.45) is 0 Å². The van der Waals surface area contributed by atoms with Crippen molar-refractivity contribution in [3.8, 4) is 0 Å². The summed E-state index contributed by atoms with van der Waals surface area (Å²) in [5.74, 6) is -0.0267. The van der Waals surface area contributed by atoms with Gasteiger partial charge in [0.05, 0.1) is 11.0 Å². The van der Waals surface area contributed by atoms with Crippen LogP contribution in [0, 0.1) is 0 Å². The zero-order valence-electron chi connectivity index (χ0n) is 13.2. The summed E-state index contributed by atoms with van der Waals surface area (Å²) in [7, 11) is -1.84. The highest BCUT2D eigenvalue weighted by molar-refractivity contribution is 7.89. The summed E-state index contributed by atoms with van der Waals surface area (Å²) in [6, 6.07) is 4.84. The lowest BCUT2D eigenvalue weighted by atomic mass is 9.94. The van der Waals surface area contributed by atoms with E-state index in [1.165, 1.54) is 0 Å². The fourth-order valence-corrected chi connectivity index (χ4v) is 4.59. The highest BCUT2D eigenvalue weighted by Gasteiger charge is 2.26. The van der Waals surface area contributed by atoms with Crippen molar-refractivity contribution in [2.45, 2.75) is 55.6 Å². The van der Waals surface area contributed by atoms with Crippen LogP contribution in [0.15, 0.2) is 23.1 Å². The van der Waals surface area contributed by atoms with Gasteiger partial charge < -0.3 is 10.1 Å². The molecule has 3 rings (SSSR count). The number of rotatable bonds is 4.